The van der Waals surface area contributed by atoms with Crippen LogP contribution in [0.15, 0.2) is 58.5 Å². The molecule has 1 atom stereocenters. The van der Waals surface area contributed by atoms with Crippen molar-refractivity contribution in [3.8, 4) is 0 Å². The zero-order chi connectivity index (χ0) is 17.4. The van der Waals surface area contributed by atoms with Crippen LogP contribution in [0.4, 0.5) is 0 Å². The van der Waals surface area contributed by atoms with Gasteiger partial charge in [0.25, 0.3) is 0 Å². The Morgan fingerprint density at radius 3 is 2.64 bits per heavy atom. The molecule has 1 unspecified atom stereocenters. The Labute approximate surface area is 147 Å². The maximum atomic E-state index is 13.1. The van der Waals surface area contributed by atoms with Gasteiger partial charge in [0.1, 0.15) is 0 Å². The molecule has 25 heavy (non-hydrogen) atoms. The number of aromatic nitrogens is 2. The fourth-order valence-corrected chi connectivity index (χ4v) is 4.76. The van der Waals surface area contributed by atoms with Crippen LogP contribution in [0.25, 0.3) is 10.9 Å². The number of rotatable bonds is 4. The SMILES string of the molecule is Cc1ccc(S(=O)(=O)c2nn(CC3CCNC3)c3ccccc23)cc1. The Morgan fingerprint density at radius 1 is 1.16 bits per heavy atom. The van der Waals surface area contributed by atoms with Gasteiger partial charge in [-0.15, -0.1) is 0 Å². The molecule has 0 radical (unpaired) electrons. The highest BCUT2D eigenvalue weighted by molar-refractivity contribution is 7.91. The normalized spacial score (nSPS) is 18.0. The number of hydrogen-bond acceptors (Lipinski definition) is 4. The Bertz CT molecular complexity index is 1000. The molecule has 0 spiro atoms. The van der Waals surface area contributed by atoms with Gasteiger partial charge < -0.3 is 5.32 Å². The summed E-state index contributed by atoms with van der Waals surface area (Å²) in [4.78, 5) is 0.288. The lowest BCUT2D eigenvalue weighted by molar-refractivity contribution is 0.452. The lowest BCUT2D eigenvalue weighted by Crippen LogP contribution is -2.15. The average molecular weight is 355 g/mol. The third kappa shape index (κ3) is 2.96. The molecule has 1 aliphatic rings. The van der Waals surface area contributed by atoms with Gasteiger partial charge >= 0.3 is 0 Å². The van der Waals surface area contributed by atoms with Crippen molar-refractivity contribution >= 4 is 20.7 Å². The highest BCUT2D eigenvalue weighted by Gasteiger charge is 2.26. The topological polar surface area (TPSA) is 64.0 Å². The predicted octanol–water partition coefficient (Wildman–Crippen LogP) is 2.79. The van der Waals surface area contributed by atoms with Crippen molar-refractivity contribution in [1.29, 1.82) is 0 Å². The minimum Gasteiger partial charge on any atom is -0.316 e. The second-order valence-corrected chi connectivity index (χ2v) is 8.54. The van der Waals surface area contributed by atoms with E-state index < -0.39 is 9.84 Å². The summed E-state index contributed by atoms with van der Waals surface area (Å²) < 4.78 is 28.1. The van der Waals surface area contributed by atoms with E-state index in [1.165, 1.54) is 0 Å². The fraction of sp³-hybridized carbons (Fsp3) is 0.316. The number of para-hydroxylation sites is 1. The second-order valence-electron chi connectivity index (χ2n) is 6.68. The molecular weight excluding hydrogens is 334 g/mol. The molecule has 130 valence electrons. The van der Waals surface area contributed by atoms with Gasteiger partial charge in [-0.25, -0.2) is 8.42 Å². The van der Waals surface area contributed by atoms with Gasteiger partial charge in [0.15, 0.2) is 5.03 Å². The zero-order valence-electron chi connectivity index (χ0n) is 14.1. The molecule has 5 nitrogen and oxygen atoms in total. The molecule has 0 aliphatic carbocycles. The van der Waals surface area contributed by atoms with Crippen molar-refractivity contribution in [2.45, 2.75) is 29.8 Å². The number of benzene rings is 2. The standard InChI is InChI=1S/C19H21N3O2S/c1-14-6-8-16(9-7-14)25(23,24)19-17-4-2-3-5-18(17)22(21-19)13-15-10-11-20-12-15/h2-9,15,20H,10-13H2,1H3. The summed E-state index contributed by atoms with van der Waals surface area (Å²) in [6, 6.07) is 14.5. The molecular formula is C19H21N3O2S. The van der Waals surface area contributed by atoms with E-state index in [1.807, 2.05) is 48.0 Å². The Kier molecular flexibility index (Phi) is 4.09. The van der Waals surface area contributed by atoms with Crippen LogP contribution >= 0.6 is 0 Å². The van der Waals surface area contributed by atoms with Gasteiger partial charge in [-0.2, -0.15) is 5.10 Å². The number of aryl methyl sites for hydroxylation is 1. The van der Waals surface area contributed by atoms with E-state index >= 15 is 0 Å². The number of nitrogens with zero attached hydrogens (tertiary/aromatic N) is 2. The van der Waals surface area contributed by atoms with Crippen LogP contribution in [-0.4, -0.2) is 31.3 Å². The number of fused-ring (bicyclic) bond motifs is 1. The maximum Gasteiger partial charge on any atom is 0.226 e. The first-order chi connectivity index (χ1) is 12.1. The Morgan fingerprint density at radius 2 is 1.92 bits per heavy atom. The summed E-state index contributed by atoms with van der Waals surface area (Å²) in [5.74, 6) is 0.484. The van der Waals surface area contributed by atoms with Crippen molar-refractivity contribution in [3.63, 3.8) is 0 Å². The molecule has 6 heteroatoms. The molecule has 2 aromatic carbocycles. The van der Waals surface area contributed by atoms with Gasteiger partial charge in [0.05, 0.1) is 10.4 Å². The second kappa shape index (κ2) is 6.28. The van der Waals surface area contributed by atoms with E-state index in [-0.39, 0.29) is 9.92 Å². The first kappa shape index (κ1) is 16.3. The molecule has 2 heterocycles. The maximum absolute atomic E-state index is 13.1. The van der Waals surface area contributed by atoms with E-state index in [4.69, 9.17) is 0 Å². The fourth-order valence-electron chi connectivity index (χ4n) is 3.38. The molecule has 1 N–H and O–H groups in total. The lowest BCUT2D eigenvalue weighted by atomic mass is 10.1. The minimum atomic E-state index is -3.64. The molecule has 0 saturated carbocycles. The van der Waals surface area contributed by atoms with Crippen LogP contribution in [0, 0.1) is 12.8 Å². The lowest BCUT2D eigenvalue weighted by Gasteiger charge is -2.09. The van der Waals surface area contributed by atoms with Crippen molar-refractivity contribution in [2.24, 2.45) is 5.92 Å². The van der Waals surface area contributed by atoms with E-state index in [1.54, 1.807) is 12.1 Å². The monoisotopic (exact) mass is 355 g/mol. The van der Waals surface area contributed by atoms with Gasteiger partial charge in [0, 0.05) is 11.9 Å². The third-order valence-corrected chi connectivity index (χ3v) is 6.51. The average Bonchev–Trinajstić information content (AvgIpc) is 3.24. The van der Waals surface area contributed by atoms with Crippen LogP contribution in [-0.2, 0) is 16.4 Å². The van der Waals surface area contributed by atoms with E-state index in [0.717, 1.165) is 37.1 Å². The number of nitrogens with one attached hydrogen (secondary N) is 1. The Balaban J connectivity index is 1.82. The van der Waals surface area contributed by atoms with Crippen LogP contribution < -0.4 is 5.32 Å². The Hall–Kier alpha value is -2.18. The zero-order valence-corrected chi connectivity index (χ0v) is 15.0. The van der Waals surface area contributed by atoms with E-state index in [0.29, 0.717) is 11.3 Å². The van der Waals surface area contributed by atoms with Crippen molar-refractivity contribution in [3.05, 3.63) is 54.1 Å². The molecule has 1 aliphatic heterocycles. The predicted molar refractivity (Wildman–Crippen MR) is 97.3 cm³/mol. The van der Waals surface area contributed by atoms with Crippen molar-refractivity contribution in [2.75, 3.05) is 13.1 Å². The van der Waals surface area contributed by atoms with Crippen LogP contribution in [0.5, 0.6) is 0 Å². The molecule has 1 aromatic heterocycles. The van der Waals surface area contributed by atoms with Gasteiger partial charge in [-0.05, 0) is 56.6 Å². The molecule has 1 fully saturated rings. The number of hydrogen-bond donors (Lipinski definition) is 1. The molecule has 4 rings (SSSR count). The summed E-state index contributed by atoms with van der Waals surface area (Å²) >= 11 is 0. The number of sulfone groups is 1. The van der Waals surface area contributed by atoms with Crippen molar-refractivity contribution in [1.82, 2.24) is 15.1 Å². The summed E-state index contributed by atoms with van der Waals surface area (Å²) in [6.07, 6.45) is 1.09. The molecule has 0 bridgehead atoms. The third-order valence-electron chi connectivity index (χ3n) is 4.80. The van der Waals surface area contributed by atoms with Crippen molar-refractivity contribution < 1.29 is 8.42 Å². The largest absolute Gasteiger partial charge is 0.316 e. The van der Waals surface area contributed by atoms with Crippen LogP contribution in [0.1, 0.15) is 12.0 Å². The smallest absolute Gasteiger partial charge is 0.226 e. The minimum absolute atomic E-state index is 0.151. The van der Waals surface area contributed by atoms with E-state index in [9.17, 15) is 8.42 Å². The molecule has 3 aromatic rings. The summed E-state index contributed by atoms with van der Waals surface area (Å²) in [5.41, 5.74) is 1.91. The van der Waals surface area contributed by atoms with Gasteiger partial charge in [0.2, 0.25) is 9.84 Å². The van der Waals surface area contributed by atoms with Gasteiger partial charge in [-0.1, -0.05) is 29.8 Å². The quantitative estimate of drug-likeness (QED) is 0.782. The van der Waals surface area contributed by atoms with E-state index in [2.05, 4.69) is 10.4 Å². The molecule has 1 saturated heterocycles. The van der Waals surface area contributed by atoms with Gasteiger partial charge in [-0.3, -0.25) is 4.68 Å². The molecule has 0 amide bonds. The first-order valence-electron chi connectivity index (χ1n) is 8.54. The highest BCUT2D eigenvalue weighted by atomic mass is 32.2. The highest BCUT2D eigenvalue weighted by Crippen LogP contribution is 2.28. The summed E-state index contributed by atoms with van der Waals surface area (Å²) in [7, 11) is -3.64. The van der Waals surface area contributed by atoms with Crippen LogP contribution in [0.3, 0.4) is 0 Å². The summed E-state index contributed by atoms with van der Waals surface area (Å²) in [5, 5.41) is 8.71. The summed E-state index contributed by atoms with van der Waals surface area (Å²) in [6.45, 7) is 4.64. The van der Waals surface area contributed by atoms with Crippen LogP contribution in [0.2, 0.25) is 0 Å². The first-order valence-corrected chi connectivity index (χ1v) is 10.0.